The number of thiophene rings is 1. The van der Waals surface area contributed by atoms with Crippen molar-refractivity contribution >= 4 is 52.0 Å². The molecular formula is C18H18N4O2S2. The highest BCUT2D eigenvalue weighted by atomic mass is 32.2. The van der Waals surface area contributed by atoms with Crippen molar-refractivity contribution in [1.82, 2.24) is 5.32 Å². The van der Waals surface area contributed by atoms with E-state index in [1.165, 1.54) is 11.8 Å². The molecule has 1 saturated heterocycles. The Morgan fingerprint density at radius 3 is 2.92 bits per heavy atom. The Bertz CT molecular complexity index is 875. The van der Waals surface area contributed by atoms with Gasteiger partial charge in [0.1, 0.15) is 5.25 Å². The SMILES string of the molecule is Cc1cccc(NC(=O)CC2S/C(=N\N=C\c3cccs3)NC2=O)c1C. The fourth-order valence-corrected chi connectivity index (χ4v) is 3.85. The number of amidine groups is 1. The van der Waals surface area contributed by atoms with Gasteiger partial charge in [-0.3, -0.25) is 9.59 Å². The summed E-state index contributed by atoms with van der Waals surface area (Å²) in [6.07, 6.45) is 1.71. The zero-order valence-electron chi connectivity index (χ0n) is 14.4. The third kappa shape index (κ3) is 4.59. The smallest absolute Gasteiger partial charge is 0.240 e. The van der Waals surface area contributed by atoms with Gasteiger partial charge in [-0.25, -0.2) is 0 Å². The van der Waals surface area contributed by atoms with Gasteiger partial charge in [0.2, 0.25) is 11.8 Å². The molecule has 0 bridgehead atoms. The molecule has 2 N–H and O–H groups in total. The van der Waals surface area contributed by atoms with Crippen LogP contribution >= 0.6 is 23.1 Å². The molecule has 0 saturated carbocycles. The van der Waals surface area contributed by atoms with Gasteiger partial charge in [0.25, 0.3) is 0 Å². The summed E-state index contributed by atoms with van der Waals surface area (Å²) < 4.78 is 0. The van der Waals surface area contributed by atoms with Crippen LogP contribution < -0.4 is 10.6 Å². The molecule has 2 heterocycles. The Balaban J connectivity index is 1.57. The van der Waals surface area contributed by atoms with Crippen LogP contribution in [0.1, 0.15) is 22.4 Å². The molecule has 1 unspecified atom stereocenters. The van der Waals surface area contributed by atoms with Crippen LogP contribution in [0.25, 0.3) is 0 Å². The second-order valence-corrected chi connectivity index (χ2v) is 7.93. The Morgan fingerprint density at radius 2 is 2.15 bits per heavy atom. The van der Waals surface area contributed by atoms with E-state index in [9.17, 15) is 9.59 Å². The van der Waals surface area contributed by atoms with Crippen molar-refractivity contribution < 1.29 is 9.59 Å². The second kappa shape index (κ2) is 8.29. The van der Waals surface area contributed by atoms with Crippen molar-refractivity contribution in [3.05, 3.63) is 51.7 Å². The monoisotopic (exact) mass is 386 g/mol. The van der Waals surface area contributed by atoms with Crippen LogP contribution in [-0.2, 0) is 9.59 Å². The summed E-state index contributed by atoms with van der Waals surface area (Å²) in [6.45, 7) is 3.95. The van der Waals surface area contributed by atoms with Crippen LogP contribution in [0.2, 0.25) is 0 Å². The van der Waals surface area contributed by atoms with Crippen LogP contribution in [0.5, 0.6) is 0 Å². The van der Waals surface area contributed by atoms with E-state index >= 15 is 0 Å². The highest BCUT2D eigenvalue weighted by Crippen LogP contribution is 2.24. The van der Waals surface area contributed by atoms with Crippen LogP contribution in [0.15, 0.2) is 45.9 Å². The van der Waals surface area contributed by atoms with Gasteiger partial charge in [0, 0.05) is 17.0 Å². The number of carbonyl (C=O) groups excluding carboxylic acids is 2. The summed E-state index contributed by atoms with van der Waals surface area (Å²) in [7, 11) is 0. The van der Waals surface area contributed by atoms with E-state index in [4.69, 9.17) is 0 Å². The van der Waals surface area contributed by atoms with Gasteiger partial charge >= 0.3 is 0 Å². The van der Waals surface area contributed by atoms with E-state index in [-0.39, 0.29) is 18.2 Å². The highest BCUT2D eigenvalue weighted by Gasteiger charge is 2.32. The number of hydrogen-bond acceptors (Lipinski definition) is 6. The van der Waals surface area contributed by atoms with Crippen molar-refractivity contribution in [1.29, 1.82) is 0 Å². The number of nitrogens with zero attached hydrogens (tertiary/aromatic N) is 2. The summed E-state index contributed by atoms with van der Waals surface area (Å²) in [5.74, 6) is -0.425. The van der Waals surface area contributed by atoms with E-state index < -0.39 is 5.25 Å². The predicted molar refractivity (Wildman–Crippen MR) is 108 cm³/mol. The van der Waals surface area contributed by atoms with Crippen LogP contribution in [0.3, 0.4) is 0 Å². The minimum absolute atomic E-state index is 0.0809. The zero-order chi connectivity index (χ0) is 18.5. The number of amides is 2. The summed E-state index contributed by atoms with van der Waals surface area (Å²) in [4.78, 5) is 25.3. The molecule has 0 spiro atoms. The Hall–Kier alpha value is -2.45. The maximum absolute atomic E-state index is 12.3. The molecule has 2 aromatic rings. The lowest BCUT2D eigenvalue weighted by Gasteiger charge is -2.11. The maximum atomic E-state index is 12.3. The summed E-state index contributed by atoms with van der Waals surface area (Å²) in [5, 5.41) is 15.4. The number of aryl methyl sites for hydroxylation is 1. The Labute approximate surface area is 159 Å². The van der Waals surface area contributed by atoms with Crippen LogP contribution in [-0.4, -0.2) is 28.4 Å². The molecule has 0 radical (unpaired) electrons. The molecule has 3 rings (SSSR count). The number of rotatable bonds is 5. The number of anilines is 1. The number of benzene rings is 1. The fraction of sp³-hybridized carbons (Fsp3) is 0.222. The fourth-order valence-electron chi connectivity index (χ4n) is 2.35. The quantitative estimate of drug-likeness (QED) is 0.611. The number of hydrogen-bond donors (Lipinski definition) is 2. The number of nitrogens with one attached hydrogen (secondary N) is 2. The van der Waals surface area contributed by atoms with Crippen molar-refractivity contribution in [3.8, 4) is 0 Å². The van der Waals surface area contributed by atoms with Gasteiger partial charge in [-0.1, -0.05) is 30.0 Å². The predicted octanol–water partition coefficient (Wildman–Crippen LogP) is 3.32. The zero-order valence-corrected chi connectivity index (χ0v) is 16.0. The average Bonchev–Trinajstić information content (AvgIpc) is 3.22. The molecular weight excluding hydrogens is 368 g/mol. The molecule has 1 aromatic carbocycles. The third-order valence-electron chi connectivity index (χ3n) is 3.90. The summed E-state index contributed by atoms with van der Waals surface area (Å²) >= 11 is 2.77. The first kappa shape index (κ1) is 18.3. The molecule has 1 fully saturated rings. The van der Waals surface area contributed by atoms with Gasteiger partial charge < -0.3 is 10.6 Å². The standard InChI is InChI=1S/C18H18N4O2S2/c1-11-5-3-7-14(12(11)2)20-16(23)9-15-17(24)21-18(26-15)22-19-10-13-6-4-8-25-13/h3-8,10,15H,9H2,1-2H3,(H,20,23)(H,21,22,24)/b19-10+. The minimum atomic E-state index is -0.504. The normalized spacial score (nSPS) is 18.5. The number of carbonyl (C=O) groups is 2. The number of thioether (sulfide) groups is 1. The summed E-state index contributed by atoms with van der Waals surface area (Å²) in [6, 6.07) is 9.59. The van der Waals surface area contributed by atoms with Crippen LogP contribution in [0.4, 0.5) is 5.69 Å². The molecule has 1 aliphatic heterocycles. The van der Waals surface area contributed by atoms with Gasteiger partial charge in [-0.05, 0) is 42.5 Å². The first-order chi connectivity index (χ1) is 12.5. The second-order valence-electron chi connectivity index (χ2n) is 5.76. The lowest BCUT2D eigenvalue weighted by molar-refractivity contribution is -0.122. The topological polar surface area (TPSA) is 82.9 Å². The molecule has 1 aromatic heterocycles. The molecule has 1 aliphatic rings. The van der Waals surface area contributed by atoms with Gasteiger partial charge in [-0.2, -0.15) is 5.10 Å². The van der Waals surface area contributed by atoms with E-state index in [2.05, 4.69) is 20.8 Å². The highest BCUT2D eigenvalue weighted by molar-refractivity contribution is 8.15. The first-order valence-corrected chi connectivity index (χ1v) is 9.77. The first-order valence-electron chi connectivity index (χ1n) is 8.01. The van der Waals surface area contributed by atoms with Crippen LogP contribution in [0, 0.1) is 13.8 Å². The summed E-state index contributed by atoms with van der Waals surface area (Å²) in [5.41, 5.74) is 2.90. The van der Waals surface area contributed by atoms with E-state index in [1.54, 1.807) is 17.6 Å². The third-order valence-corrected chi connectivity index (χ3v) is 5.78. The van der Waals surface area contributed by atoms with Crippen molar-refractivity contribution in [2.75, 3.05) is 5.32 Å². The van der Waals surface area contributed by atoms with Crippen molar-refractivity contribution in [3.63, 3.8) is 0 Å². The molecule has 8 heteroatoms. The average molecular weight is 387 g/mol. The lowest BCUT2D eigenvalue weighted by atomic mass is 10.1. The largest absolute Gasteiger partial charge is 0.326 e. The Morgan fingerprint density at radius 1 is 1.31 bits per heavy atom. The molecule has 6 nitrogen and oxygen atoms in total. The Kier molecular flexibility index (Phi) is 5.85. The van der Waals surface area contributed by atoms with Gasteiger partial charge in [-0.15, -0.1) is 16.4 Å². The van der Waals surface area contributed by atoms with E-state index in [0.29, 0.717) is 5.17 Å². The molecule has 0 aliphatic carbocycles. The van der Waals surface area contributed by atoms with Crippen molar-refractivity contribution in [2.24, 2.45) is 10.2 Å². The molecule has 2 amide bonds. The maximum Gasteiger partial charge on any atom is 0.240 e. The molecule has 1 atom stereocenters. The lowest BCUT2D eigenvalue weighted by Crippen LogP contribution is -2.28. The molecule has 134 valence electrons. The van der Waals surface area contributed by atoms with E-state index in [1.807, 2.05) is 49.6 Å². The minimum Gasteiger partial charge on any atom is -0.326 e. The molecule has 26 heavy (non-hydrogen) atoms. The van der Waals surface area contributed by atoms with Gasteiger partial charge in [0.05, 0.1) is 6.21 Å². The van der Waals surface area contributed by atoms with Gasteiger partial charge in [0.15, 0.2) is 5.17 Å². The van der Waals surface area contributed by atoms with E-state index in [0.717, 1.165) is 21.7 Å². The van der Waals surface area contributed by atoms with Crippen molar-refractivity contribution in [2.45, 2.75) is 25.5 Å².